The Labute approximate surface area is 104 Å². The molecule has 1 aromatic rings. The maximum absolute atomic E-state index is 11.4. The summed E-state index contributed by atoms with van der Waals surface area (Å²) in [7, 11) is 0. The highest BCUT2D eigenvalue weighted by Gasteiger charge is 2.24. The van der Waals surface area contributed by atoms with Crippen LogP contribution in [0.4, 0.5) is 5.69 Å². The van der Waals surface area contributed by atoms with Crippen molar-refractivity contribution in [2.45, 2.75) is 19.3 Å². The Morgan fingerprint density at radius 1 is 1.39 bits per heavy atom. The summed E-state index contributed by atoms with van der Waals surface area (Å²) in [6, 6.07) is 5.96. The number of rotatable bonds is 4. The molecule has 1 aliphatic carbocycles. The van der Waals surface area contributed by atoms with Crippen molar-refractivity contribution in [2.24, 2.45) is 11.0 Å². The molecule has 0 atom stereocenters. The van der Waals surface area contributed by atoms with Gasteiger partial charge in [0.2, 0.25) is 5.91 Å². The van der Waals surface area contributed by atoms with Crippen molar-refractivity contribution in [1.82, 2.24) is 5.43 Å². The van der Waals surface area contributed by atoms with Gasteiger partial charge in [0.05, 0.1) is 11.1 Å². The third-order valence-electron chi connectivity index (χ3n) is 2.97. The second-order valence-corrected chi connectivity index (χ2v) is 4.21. The molecule has 94 valence electrons. The zero-order chi connectivity index (χ0) is 13.0. The summed E-state index contributed by atoms with van der Waals surface area (Å²) in [5.74, 6) is 0.0402. The van der Waals surface area contributed by atoms with Crippen molar-refractivity contribution in [3.8, 4) is 0 Å². The molecule has 1 fully saturated rings. The molecule has 1 saturated carbocycles. The summed E-state index contributed by atoms with van der Waals surface area (Å²) in [5.41, 5.74) is 3.20. The predicted molar refractivity (Wildman–Crippen MR) is 66.2 cm³/mol. The minimum Gasteiger partial charge on any atom is -0.273 e. The fraction of sp³-hybridized carbons (Fsp3) is 0.333. The van der Waals surface area contributed by atoms with Crippen LogP contribution in [-0.4, -0.2) is 17.0 Å². The quantitative estimate of drug-likeness (QED) is 0.500. The maximum atomic E-state index is 11.4. The number of benzene rings is 1. The number of amides is 1. The summed E-state index contributed by atoms with van der Waals surface area (Å²) in [4.78, 5) is 21.4. The Hall–Kier alpha value is -2.24. The number of carbonyl (C=O) groups excluding carboxylic acids is 1. The van der Waals surface area contributed by atoms with Gasteiger partial charge >= 0.3 is 0 Å². The van der Waals surface area contributed by atoms with Crippen LogP contribution in [0.5, 0.6) is 0 Å². The molecule has 0 unspecified atom stereocenters. The van der Waals surface area contributed by atoms with E-state index in [4.69, 9.17) is 0 Å². The molecule has 1 N–H and O–H groups in total. The van der Waals surface area contributed by atoms with Gasteiger partial charge in [-0.1, -0.05) is 6.42 Å². The average molecular weight is 247 g/mol. The Morgan fingerprint density at radius 3 is 2.56 bits per heavy atom. The van der Waals surface area contributed by atoms with Crippen LogP contribution in [0, 0.1) is 16.0 Å². The number of hydrogen-bond donors (Lipinski definition) is 1. The van der Waals surface area contributed by atoms with E-state index in [0.29, 0.717) is 5.56 Å². The van der Waals surface area contributed by atoms with Crippen molar-refractivity contribution in [2.75, 3.05) is 0 Å². The van der Waals surface area contributed by atoms with Gasteiger partial charge in [0.15, 0.2) is 0 Å². The fourth-order valence-electron chi connectivity index (χ4n) is 1.61. The molecule has 0 aromatic heterocycles. The Balaban J connectivity index is 1.88. The molecular weight excluding hydrogens is 234 g/mol. The van der Waals surface area contributed by atoms with Crippen LogP contribution >= 0.6 is 0 Å². The monoisotopic (exact) mass is 247 g/mol. The van der Waals surface area contributed by atoms with Crippen molar-refractivity contribution in [3.63, 3.8) is 0 Å². The van der Waals surface area contributed by atoms with Gasteiger partial charge in [0.25, 0.3) is 5.69 Å². The fourth-order valence-corrected chi connectivity index (χ4v) is 1.61. The van der Waals surface area contributed by atoms with Crippen LogP contribution in [0.3, 0.4) is 0 Å². The molecule has 18 heavy (non-hydrogen) atoms. The number of nitro benzene ring substituents is 1. The highest BCUT2D eigenvalue weighted by atomic mass is 16.6. The molecule has 2 rings (SSSR count). The topological polar surface area (TPSA) is 84.6 Å². The van der Waals surface area contributed by atoms with E-state index < -0.39 is 4.92 Å². The third-order valence-corrected chi connectivity index (χ3v) is 2.97. The zero-order valence-corrected chi connectivity index (χ0v) is 9.70. The maximum Gasteiger partial charge on any atom is 0.269 e. The van der Waals surface area contributed by atoms with Gasteiger partial charge in [-0.05, 0) is 30.5 Å². The van der Waals surface area contributed by atoms with Gasteiger partial charge < -0.3 is 0 Å². The summed E-state index contributed by atoms with van der Waals surface area (Å²) in [5, 5.41) is 14.3. The van der Waals surface area contributed by atoms with E-state index >= 15 is 0 Å². The molecule has 0 radical (unpaired) electrons. The number of hydrazone groups is 1. The van der Waals surface area contributed by atoms with Crippen LogP contribution in [0.1, 0.15) is 24.8 Å². The number of nitrogens with one attached hydrogen (secondary N) is 1. The third kappa shape index (κ3) is 2.91. The van der Waals surface area contributed by atoms with Crippen LogP contribution in [-0.2, 0) is 4.79 Å². The molecule has 1 aliphatic rings. The summed E-state index contributed by atoms with van der Waals surface area (Å²) in [6.07, 6.45) is 4.43. The van der Waals surface area contributed by atoms with E-state index in [-0.39, 0.29) is 17.5 Å². The molecule has 0 spiro atoms. The van der Waals surface area contributed by atoms with Gasteiger partial charge in [0.1, 0.15) is 0 Å². The van der Waals surface area contributed by atoms with Gasteiger partial charge in [0, 0.05) is 18.1 Å². The van der Waals surface area contributed by atoms with Crippen LogP contribution in [0.25, 0.3) is 0 Å². The molecule has 6 nitrogen and oxygen atoms in total. The normalized spacial score (nSPS) is 15.3. The summed E-state index contributed by atoms with van der Waals surface area (Å²) >= 11 is 0. The first-order chi connectivity index (χ1) is 8.66. The van der Waals surface area contributed by atoms with Crippen molar-refractivity contribution < 1.29 is 9.72 Å². The molecular formula is C12H13N3O3. The minimum atomic E-state index is -0.459. The molecule has 0 bridgehead atoms. The predicted octanol–water partition coefficient (Wildman–Crippen LogP) is 1.84. The molecule has 6 heteroatoms. The Kier molecular flexibility index (Phi) is 3.66. The molecule has 0 aliphatic heterocycles. The molecule has 0 saturated heterocycles. The smallest absolute Gasteiger partial charge is 0.269 e. The first-order valence-corrected chi connectivity index (χ1v) is 5.74. The number of non-ortho nitro benzene ring substituents is 1. The average Bonchev–Trinajstić information content (AvgIpc) is 2.27. The van der Waals surface area contributed by atoms with E-state index in [1.807, 2.05) is 0 Å². The second-order valence-electron chi connectivity index (χ2n) is 4.21. The SMILES string of the molecule is O=C(NN=Cc1ccc([N+](=O)[O-])cc1)C1CCC1. The standard InChI is InChI=1S/C12H13N3O3/c16-12(10-2-1-3-10)14-13-8-9-4-6-11(7-5-9)15(17)18/h4-8,10H,1-3H2,(H,14,16). The van der Waals surface area contributed by atoms with Crippen molar-refractivity contribution in [3.05, 3.63) is 39.9 Å². The number of carbonyl (C=O) groups is 1. The van der Waals surface area contributed by atoms with Crippen LogP contribution in [0.2, 0.25) is 0 Å². The number of nitrogens with zero attached hydrogens (tertiary/aromatic N) is 2. The molecule has 1 aromatic carbocycles. The lowest BCUT2D eigenvalue weighted by molar-refractivity contribution is -0.384. The lowest BCUT2D eigenvalue weighted by Crippen LogP contribution is -2.31. The Morgan fingerprint density at radius 2 is 2.06 bits per heavy atom. The first kappa shape index (κ1) is 12.2. The van der Waals surface area contributed by atoms with E-state index in [1.54, 1.807) is 12.1 Å². The summed E-state index contributed by atoms with van der Waals surface area (Å²) in [6.45, 7) is 0. The summed E-state index contributed by atoms with van der Waals surface area (Å²) < 4.78 is 0. The lowest BCUT2D eigenvalue weighted by Gasteiger charge is -2.22. The second kappa shape index (κ2) is 5.39. The van der Waals surface area contributed by atoms with Crippen LogP contribution < -0.4 is 5.43 Å². The van der Waals surface area contributed by atoms with Crippen molar-refractivity contribution in [1.29, 1.82) is 0 Å². The first-order valence-electron chi connectivity index (χ1n) is 5.74. The highest BCUT2D eigenvalue weighted by molar-refractivity contribution is 5.83. The van der Waals surface area contributed by atoms with Gasteiger partial charge in [-0.25, -0.2) is 5.43 Å². The zero-order valence-electron chi connectivity index (χ0n) is 9.70. The van der Waals surface area contributed by atoms with Crippen molar-refractivity contribution >= 4 is 17.8 Å². The van der Waals surface area contributed by atoms with E-state index in [0.717, 1.165) is 19.3 Å². The number of hydrogen-bond acceptors (Lipinski definition) is 4. The van der Waals surface area contributed by atoms with E-state index in [1.165, 1.54) is 18.3 Å². The van der Waals surface area contributed by atoms with Gasteiger partial charge in [-0.15, -0.1) is 0 Å². The van der Waals surface area contributed by atoms with E-state index in [9.17, 15) is 14.9 Å². The minimum absolute atomic E-state index is 0.0330. The highest BCUT2D eigenvalue weighted by Crippen LogP contribution is 2.26. The lowest BCUT2D eigenvalue weighted by atomic mass is 9.85. The van der Waals surface area contributed by atoms with Gasteiger partial charge in [-0.3, -0.25) is 14.9 Å². The van der Waals surface area contributed by atoms with Gasteiger partial charge in [-0.2, -0.15) is 5.10 Å². The molecule has 0 heterocycles. The van der Waals surface area contributed by atoms with E-state index in [2.05, 4.69) is 10.5 Å². The Bertz CT molecular complexity index is 478. The molecule has 1 amide bonds. The largest absolute Gasteiger partial charge is 0.273 e. The van der Waals surface area contributed by atoms with Crippen LogP contribution in [0.15, 0.2) is 29.4 Å². The number of nitro groups is 1.